The Hall–Kier alpha value is -2.04. The van der Waals surface area contributed by atoms with Crippen LogP contribution in [0.4, 0.5) is 0 Å². The normalized spacial score (nSPS) is 17.0. The minimum atomic E-state index is -3.72. The summed E-state index contributed by atoms with van der Waals surface area (Å²) in [6.07, 6.45) is 7.70. The molecule has 0 saturated carbocycles. The standard InChI is InChI=1S/C21H26N2O3S2/c1-3-4-5-6-7-10-15-28(24,25)26-23-21-19(13-14-27-21)20(16-22)18-12-9-8-11-17(18)2/h8-9,11-14H,3-7,10,15H2,1-2H3/b20-19-,23-21-. The van der Waals surface area contributed by atoms with Crippen molar-refractivity contribution in [1.82, 2.24) is 0 Å². The number of unbranched alkanes of at least 4 members (excludes halogenated alkanes) is 5. The van der Waals surface area contributed by atoms with Crippen molar-refractivity contribution in [2.75, 3.05) is 5.75 Å². The van der Waals surface area contributed by atoms with Gasteiger partial charge in [0.2, 0.25) is 0 Å². The molecule has 1 aliphatic rings. The number of nitriles is 1. The Bertz CT molecular complexity index is 910. The zero-order valence-corrected chi connectivity index (χ0v) is 18.0. The monoisotopic (exact) mass is 418 g/mol. The number of hydrogen-bond donors (Lipinski definition) is 0. The molecule has 0 saturated heterocycles. The predicted molar refractivity (Wildman–Crippen MR) is 116 cm³/mol. The van der Waals surface area contributed by atoms with Gasteiger partial charge in [-0.25, -0.2) is 0 Å². The lowest BCUT2D eigenvalue weighted by atomic mass is 9.97. The van der Waals surface area contributed by atoms with E-state index in [1.54, 1.807) is 11.5 Å². The van der Waals surface area contributed by atoms with Gasteiger partial charge in [0.05, 0.1) is 11.3 Å². The first kappa shape index (κ1) is 22.3. The van der Waals surface area contributed by atoms with Crippen LogP contribution in [-0.2, 0) is 14.4 Å². The third-order valence-electron chi connectivity index (χ3n) is 4.42. The molecule has 150 valence electrons. The van der Waals surface area contributed by atoms with Crippen molar-refractivity contribution in [3.05, 3.63) is 52.4 Å². The average molecular weight is 419 g/mol. The predicted octanol–water partition coefficient (Wildman–Crippen LogP) is 5.55. The highest BCUT2D eigenvalue weighted by Crippen LogP contribution is 2.32. The van der Waals surface area contributed by atoms with Crippen LogP contribution < -0.4 is 0 Å². The molecule has 0 amide bonds. The minimum absolute atomic E-state index is 0.0457. The second kappa shape index (κ2) is 11.1. The van der Waals surface area contributed by atoms with E-state index in [-0.39, 0.29) is 5.75 Å². The zero-order valence-electron chi connectivity index (χ0n) is 16.3. The second-order valence-electron chi connectivity index (χ2n) is 6.64. The smallest absolute Gasteiger partial charge is 0.267 e. The van der Waals surface area contributed by atoms with Gasteiger partial charge in [-0.15, -0.1) is 0 Å². The quantitative estimate of drug-likeness (QED) is 0.283. The largest absolute Gasteiger partial charge is 0.328 e. The molecule has 28 heavy (non-hydrogen) atoms. The van der Waals surface area contributed by atoms with E-state index in [1.807, 2.05) is 31.2 Å². The minimum Gasteiger partial charge on any atom is -0.267 e. The van der Waals surface area contributed by atoms with Crippen molar-refractivity contribution in [2.45, 2.75) is 52.4 Å². The maximum absolute atomic E-state index is 12.1. The Balaban J connectivity index is 2.07. The van der Waals surface area contributed by atoms with E-state index in [1.165, 1.54) is 18.2 Å². The molecule has 0 bridgehead atoms. The highest BCUT2D eigenvalue weighted by Gasteiger charge is 2.20. The third kappa shape index (κ3) is 6.54. The summed E-state index contributed by atoms with van der Waals surface area (Å²) in [5.74, 6) is -0.0457. The van der Waals surface area contributed by atoms with Gasteiger partial charge in [0.1, 0.15) is 11.1 Å². The summed E-state index contributed by atoms with van der Waals surface area (Å²) in [6, 6.07) is 9.78. The molecule has 1 aromatic rings. The highest BCUT2D eigenvalue weighted by atomic mass is 32.2. The summed E-state index contributed by atoms with van der Waals surface area (Å²) < 4.78 is 29.1. The first-order chi connectivity index (χ1) is 13.5. The Morgan fingerprint density at radius 3 is 2.61 bits per heavy atom. The average Bonchev–Trinajstić information content (AvgIpc) is 3.13. The van der Waals surface area contributed by atoms with Crippen molar-refractivity contribution >= 4 is 32.5 Å². The van der Waals surface area contributed by atoms with Crippen molar-refractivity contribution < 1.29 is 12.7 Å². The fourth-order valence-electron chi connectivity index (χ4n) is 2.87. The lowest BCUT2D eigenvalue weighted by Crippen LogP contribution is -2.09. The molecule has 0 radical (unpaired) electrons. The molecule has 0 fully saturated rings. The van der Waals surface area contributed by atoms with E-state index >= 15 is 0 Å². The molecule has 0 aromatic heterocycles. The molecule has 0 N–H and O–H groups in total. The fourth-order valence-corrected chi connectivity index (χ4v) is 4.45. The first-order valence-electron chi connectivity index (χ1n) is 9.51. The van der Waals surface area contributed by atoms with Gasteiger partial charge in [-0.05, 0) is 36.0 Å². The third-order valence-corrected chi connectivity index (χ3v) is 6.30. The zero-order chi connectivity index (χ0) is 20.4. The number of aryl methyl sites for hydroxylation is 1. The molecule has 0 atom stereocenters. The van der Waals surface area contributed by atoms with E-state index in [9.17, 15) is 13.7 Å². The van der Waals surface area contributed by atoms with Crippen molar-refractivity contribution in [3.8, 4) is 6.07 Å². The van der Waals surface area contributed by atoms with Crippen LogP contribution in [0.1, 0.15) is 56.6 Å². The number of allylic oxidation sites excluding steroid dienone is 2. The summed E-state index contributed by atoms with van der Waals surface area (Å²) in [5.41, 5.74) is 2.80. The van der Waals surface area contributed by atoms with Crippen LogP contribution in [0.15, 0.2) is 46.5 Å². The van der Waals surface area contributed by atoms with E-state index < -0.39 is 10.1 Å². The van der Waals surface area contributed by atoms with E-state index in [0.29, 0.717) is 22.6 Å². The van der Waals surface area contributed by atoms with Gasteiger partial charge in [-0.2, -0.15) is 13.7 Å². The topological polar surface area (TPSA) is 79.5 Å². The second-order valence-corrected chi connectivity index (χ2v) is 9.20. The van der Waals surface area contributed by atoms with Crippen LogP contribution in [0.3, 0.4) is 0 Å². The SMILES string of the molecule is CCCCCCCCS(=O)(=O)O/N=C1\SC=C\C1=C(/C#N)c1ccccc1C. The van der Waals surface area contributed by atoms with Gasteiger partial charge >= 0.3 is 10.1 Å². The number of benzene rings is 1. The van der Waals surface area contributed by atoms with Crippen LogP contribution in [0, 0.1) is 18.3 Å². The Kier molecular flexibility index (Phi) is 8.81. The molecular formula is C21H26N2O3S2. The van der Waals surface area contributed by atoms with E-state index in [4.69, 9.17) is 4.28 Å². The molecule has 7 heteroatoms. The summed E-state index contributed by atoms with van der Waals surface area (Å²) in [6.45, 7) is 4.07. The van der Waals surface area contributed by atoms with E-state index in [0.717, 1.165) is 36.8 Å². The van der Waals surface area contributed by atoms with Crippen molar-refractivity contribution in [1.29, 1.82) is 5.26 Å². The molecule has 0 spiro atoms. The maximum Gasteiger partial charge on any atom is 0.328 e. The molecule has 2 rings (SSSR count). The van der Waals surface area contributed by atoms with Gasteiger partial charge in [-0.1, -0.05) is 80.2 Å². The number of rotatable bonds is 10. The van der Waals surface area contributed by atoms with Crippen molar-refractivity contribution in [2.24, 2.45) is 5.16 Å². The summed E-state index contributed by atoms with van der Waals surface area (Å²) in [7, 11) is -3.72. The summed E-state index contributed by atoms with van der Waals surface area (Å²) >= 11 is 1.24. The number of nitrogens with zero attached hydrogens (tertiary/aromatic N) is 2. The van der Waals surface area contributed by atoms with Gasteiger partial charge < -0.3 is 0 Å². The Morgan fingerprint density at radius 2 is 1.89 bits per heavy atom. The fraction of sp³-hybridized carbons (Fsp3) is 0.429. The van der Waals surface area contributed by atoms with Crippen LogP contribution in [0.5, 0.6) is 0 Å². The summed E-state index contributed by atoms with van der Waals surface area (Å²) in [5, 5.41) is 15.7. The van der Waals surface area contributed by atoms with E-state index in [2.05, 4.69) is 18.1 Å². The van der Waals surface area contributed by atoms with Crippen LogP contribution in [0.2, 0.25) is 0 Å². The van der Waals surface area contributed by atoms with Crippen LogP contribution in [-0.4, -0.2) is 19.2 Å². The Morgan fingerprint density at radius 1 is 1.18 bits per heavy atom. The lowest BCUT2D eigenvalue weighted by molar-refractivity contribution is 0.339. The molecule has 0 aliphatic carbocycles. The van der Waals surface area contributed by atoms with Crippen LogP contribution in [0.25, 0.3) is 5.57 Å². The molecule has 1 aliphatic heterocycles. The maximum atomic E-state index is 12.1. The molecular weight excluding hydrogens is 392 g/mol. The lowest BCUT2D eigenvalue weighted by Gasteiger charge is -2.07. The van der Waals surface area contributed by atoms with Gasteiger partial charge in [0, 0.05) is 5.57 Å². The first-order valence-corrected chi connectivity index (χ1v) is 12.0. The van der Waals surface area contributed by atoms with Gasteiger partial charge in [0.15, 0.2) is 0 Å². The van der Waals surface area contributed by atoms with Crippen LogP contribution >= 0.6 is 11.8 Å². The molecule has 1 aromatic carbocycles. The number of oxime groups is 1. The van der Waals surface area contributed by atoms with Gasteiger partial charge in [0.25, 0.3) is 0 Å². The van der Waals surface area contributed by atoms with Crippen molar-refractivity contribution in [3.63, 3.8) is 0 Å². The number of hydrogen-bond acceptors (Lipinski definition) is 6. The molecule has 1 heterocycles. The summed E-state index contributed by atoms with van der Waals surface area (Å²) in [4.78, 5) is 0. The Labute approximate surface area is 172 Å². The number of thioether (sulfide) groups is 1. The van der Waals surface area contributed by atoms with Gasteiger partial charge in [-0.3, -0.25) is 4.28 Å². The highest BCUT2D eigenvalue weighted by molar-refractivity contribution is 8.17. The molecule has 0 unspecified atom stereocenters. The molecule has 5 nitrogen and oxygen atoms in total.